The van der Waals surface area contributed by atoms with Gasteiger partial charge in [0.1, 0.15) is 5.82 Å². The van der Waals surface area contributed by atoms with Crippen LogP contribution in [0.2, 0.25) is 0 Å². The van der Waals surface area contributed by atoms with Crippen molar-refractivity contribution in [1.29, 1.82) is 0 Å². The summed E-state index contributed by atoms with van der Waals surface area (Å²) in [6.07, 6.45) is 0.467. The van der Waals surface area contributed by atoms with Gasteiger partial charge in [0.15, 0.2) is 0 Å². The summed E-state index contributed by atoms with van der Waals surface area (Å²) in [5.74, 6) is -0.0554. The van der Waals surface area contributed by atoms with Crippen LogP contribution in [0.25, 0.3) is 0 Å². The van der Waals surface area contributed by atoms with Crippen LogP contribution in [0, 0.1) is 18.7 Å². The molecule has 0 bridgehead atoms. The molecule has 0 heterocycles. The molecular weight excluding hydrogens is 273 g/mol. The predicted octanol–water partition coefficient (Wildman–Crippen LogP) is 3.88. The van der Waals surface area contributed by atoms with Crippen molar-refractivity contribution in [2.75, 3.05) is 5.32 Å². The van der Waals surface area contributed by atoms with E-state index in [2.05, 4.69) is 21.2 Å². The van der Waals surface area contributed by atoms with Gasteiger partial charge in [0.2, 0.25) is 5.91 Å². The molecule has 0 saturated carbocycles. The Morgan fingerprint density at radius 2 is 2.12 bits per heavy atom. The van der Waals surface area contributed by atoms with E-state index in [0.29, 0.717) is 22.5 Å². The lowest BCUT2D eigenvalue weighted by molar-refractivity contribution is -0.116. The third kappa shape index (κ3) is 3.59. The van der Waals surface area contributed by atoms with E-state index in [0.717, 1.165) is 5.56 Å². The van der Waals surface area contributed by atoms with Crippen molar-refractivity contribution in [1.82, 2.24) is 0 Å². The van der Waals surface area contributed by atoms with E-state index < -0.39 is 0 Å². The lowest BCUT2D eigenvalue weighted by Gasteiger charge is -2.10. The minimum Gasteiger partial charge on any atom is -0.326 e. The number of nitrogens with one attached hydrogen (secondary N) is 1. The Morgan fingerprint density at radius 1 is 1.50 bits per heavy atom. The molecule has 0 aromatic heterocycles. The minimum atomic E-state index is -0.320. The first-order valence-electron chi connectivity index (χ1n) is 5.15. The molecule has 0 atom stereocenters. The molecule has 0 fully saturated rings. The monoisotopic (exact) mass is 287 g/mol. The highest BCUT2D eigenvalue weighted by atomic mass is 79.9. The average molecular weight is 288 g/mol. The lowest BCUT2D eigenvalue weighted by Crippen LogP contribution is -2.14. The number of hydrogen-bond donors (Lipinski definition) is 1. The molecule has 0 aliphatic carbocycles. The van der Waals surface area contributed by atoms with Crippen LogP contribution in [0.3, 0.4) is 0 Å². The second-order valence-corrected chi connectivity index (χ2v) is 5.08. The maximum atomic E-state index is 13.1. The van der Waals surface area contributed by atoms with Crippen molar-refractivity contribution < 1.29 is 9.18 Å². The third-order valence-corrected chi connectivity index (χ3v) is 2.74. The first kappa shape index (κ1) is 13.2. The number of benzene rings is 1. The number of hydrogen-bond acceptors (Lipinski definition) is 1. The van der Waals surface area contributed by atoms with Gasteiger partial charge in [-0.3, -0.25) is 4.79 Å². The van der Waals surface area contributed by atoms with Crippen LogP contribution in [0.5, 0.6) is 0 Å². The van der Waals surface area contributed by atoms with Gasteiger partial charge in [0.25, 0.3) is 0 Å². The maximum Gasteiger partial charge on any atom is 0.224 e. The molecule has 1 rings (SSSR count). The van der Waals surface area contributed by atoms with Crippen LogP contribution >= 0.6 is 15.9 Å². The molecule has 1 N–H and O–H groups in total. The number of amides is 1. The minimum absolute atomic E-state index is 0.0448. The Morgan fingerprint density at radius 3 is 2.69 bits per heavy atom. The summed E-state index contributed by atoms with van der Waals surface area (Å²) in [5.41, 5.74) is 1.37. The molecule has 1 aromatic carbocycles. The van der Waals surface area contributed by atoms with E-state index in [1.165, 1.54) is 6.07 Å². The molecule has 16 heavy (non-hydrogen) atoms. The molecule has 1 amide bonds. The molecule has 4 heteroatoms. The lowest BCUT2D eigenvalue weighted by atomic mass is 10.1. The summed E-state index contributed by atoms with van der Waals surface area (Å²) in [6.45, 7) is 5.72. The molecule has 0 aliphatic rings. The SMILES string of the molecule is Cc1cc(F)c(Br)cc1NC(=O)CC(C)C. The topological polar surface area (TPSA) is 29.1 Å². The normalized spacial score (nSPS) is 10.6. The molecule has 2 nitrogen and oxygen atoms in total. The highest BCUT2D eigenvalue weighted by Crippen LogP contribution is 2.24. The van der Waals surface area contributed by atoms with Crippen molar-refractivity contribution in [3.05, 3.63) is 28.0 Å². The molecular formula is C12H15BrFNO. The van der Waals surface area contributed by atoms with Crippen molar-refractivity contribution >= 4 is 27.5 Å². The largest absolute Gasteiger partial charge is 0.326 e. The second-order valence-electron chi connectivity index (χ2n) is 4.23. The summed E-state index contributed by atoms with van der Waals surface area (Å²) >= 11 is 3.09. The predicted molar refractivity (Wildman–Crippen MR) is 66.9 cm³/mol. The maximum absolute atomic E-state index is 13.1. The summed E-state index contributed by atoms with van der Waals surface area (Å²) in [4.78, 5) is 11.6. The standard InChI is InChI=1S/C12H15BrFNO/c1-7(2)4-12(16)15-11-6-9(13)10(14)5-8(11)3/h5-7H,4H2,1-3H3,(H,15,16). The summed E-state index contributed by atoms with van der Waals surface area (Å²) in [6, 6.07) is 2.98. The zero-order chi connectivity index (χ0) is 12.3. The molecule has 0 spiro atoms. The van der Waals surface area contributed by atoms with Gasteiger partial charge >= 0.3 is 0 Å². The number of carbonyl (C=O) groups is 1. The van der Waals surface area contributed by atoms with Gasteiger partial charge in [-0.25, -0.2) is 4.39 Å². The van der Waals surface area contributed by atoms with Crippen LogP contribution < -0.4 is 5.32 Å². The number of carbonyl (C=O) groups excluding carboxylic acids is 1. The first-order chi connectivity index (χ1) is 7.40. The molecule has 1 aromatic rings. The number of aryl methyl sites for hydroxylation is 1. The number of halogens is 2. The van der Waals surface area contributed by atoms with Crippen LogP contribution in [-0.4, -0.2) is 5.91 Å². The zero-order valence-corrected chi connectivity index (χ0v) is 11.2. The van der Waals surface area contributed by atoms with E-state index in [9.17, 15) is 9.18 Å². The summed E-state index contributed by atoms with van der Waals surface area (Å²) < 4.78 is 13.5. The fourth-order valence-corrected chi connectivity index (χ4v) is 1.70. The molecule has 0 unspecified atom stereocenters. The van der Waals surface area contributed by atoms with Crippen molar-refractivity contribution in [2.24, 2.45) is 5.92 Å². The zero-order valence-electron chi connectivity index (χ0n) is 9.60. The Labute approximate surface area is 103 Å². The van der Waals surface area contributed by atoms with Gasteiger partial charge in [-0.05, 0) is 46.5 Å². The summed E-state index contributed by atoms with van der Waals surface area (Å²) in [7, 11) is 0. The fraction of sp³-hybridized carbons (Fsp3) is 0.417. The van der Waals surface area contributed by atoms with Gasteiger partial charge < -0.3 is 5.32 Å². The second kappa shape index (κ2) is 5.43. The number of anilines is 1. The average Bonchev–Trinajstić information content (AvgIpc) is 2.12. The quantitative estimate of drug-likeness (QED) is 0.898. The molecule has 0 saturated heterocycles. The van der Waals surface area contributed by atoms with Crippen LogP contribution in [0.1, 0.15) is 25.8 Å². The van der Waals surface area contributed by atoms with Gasteiger partial charge in [-0.1, -0.05) is 13.8 Å². The van der Waals surface area contributed by atoms with Crippen LogP contribution in [0.4, 0.5) is 10.1 Å². The Hall–Kier alpha value is -0.900. The van der Waals surface area contributed by atoms with Crippen LogP contribution in [-0.2, 0) is 4.79 Å². The Bertz CT molecular complexity index is 404. The molecule has 0 aliphatic heterocycles. The van der Waals surface area contributed by atoms with Crippen molar-refractivity contribution in [3.63, 3.8) is 0 Å². The van der Waals surface area contributed by atoms with Gasteiger partial charge in [0, 0.05) is 12.1 Å². The van der Waals surface area contributed by atoms with Crippen LogP contribution in [0.15, 0.2) is 16.6 Å². The van der Waals surface area contributed by atoms with E-state index >= 15 is 0 Å². The Kier molecular flexibility index (Phi) is 4.47. The smallest absolute Gasteiger partial charge is 0.224 e. The van der Waals surface area contributed by atoms with Gasteiger partial charge in [-0.15, -0.1) is 0 Å². The molecule has 0 radical (unpaired) electrons. The highest BCUT2D eigenvalue weighted by molar-refractivity contribution is 9.10. The fourth-order valence-electron chi connectivity index (χ4n) is 1.35. The van der Waals surface area contributed by atoms with E-state index in [-0.39, 0.29) is 11.7 Å². The van der Waals surface area contributed by atoms with E-state index in [1.807, 2.05) is 13.8 Å². The Balaban J connectivity index is 2.81. The van der Waals surface area contributed by atoms with E-state index in [1.54, 1.807) is 13.0 Å². The van der Waals surface area contributed by atoms with Gasteiger partial charge in [0.05, 0.1) is 4.47 Å². The van der Waals surface area contributed by atoms with E-state index in [4.69, 9.17) is 0 Å². The van der Waals surface area contributed by atoms with Gasteiger partial charge in [-0.2, -0.15) is 0 Å². The highest BCUT2D eigenvalue weighted by Gasteiger charge is 2.09. The third-order valence-electron chi connectivity index (χ3n) is 2.14. The first-order valence-corrected chi connectivity index (χ1v) is 5.95. The van der Waals surface area contributed by atoms with Crippen molar-refractivity contribution in [3.8, 4) is 0 Å². The summed E-state index contributed by atoms with van der Waals surface area (Å²) in [5, 5.41) is 2.77. The number of rotatable bonds is 3. The van der Waals surface area contributed by atoms with Crippen molar-refractivity contribution in [2.45, 2.75) is 27.2 Å². The molecule has 88 valence electrons.